The molecular formula is C36H68N4O10. The van der Waals surface area contributed by atoms with Crippen molar-refractivity contribution >= 4 is 5.78 Å². The van der Waals surface area contributed by atoms with Crippen LogP contribution in [-0.2, 0) is 38.0 Å². The first kappa shape index (κ1) is 41.9. The Morgan fingerprint density at radius 3 is 1.32 bits per heavy atom. The van der Waals surface area contributed by atoms with Gasteiger partial charge in [-0.15, -0.1) is 0 Å². The van der Waals surface area contributed by atoms with Crippen molar-refractivity contribution in [3.63, 3.8) is 0 Å². The van der Waals surface area contributed by atoms with E-state index in [0.717, 1.165) is 117 Å². The lowest BCUT2D eigenvalue weighted by atomic mass is 9.69. The van der Waals surface area contributed by atoms with Crippen LogP contribution < -0.4 is 11.1 Å². The van der Waals surface area contributed by atoms with Crippen LogP contribution in [0.15, 0.2) is 0 Å². The Labute approximate surface area is 299 Å². The molecule has 7 rings (SSSR count). The minimum Gasteiger partial charge on any atom is -0.383 e. The molecule has 50 heavy (non-hydrogen) atoms. The number of rotatable bonds is 6. The highest BCUT2D eigenvalue weighted by atomic mass is 16.5. The van der Waals surface area contributed by atoms with E-state index < -0.39 is 0 Å². The van der Waals surface area contributed by atoms with E-state index >= 15 is 0 Å². The van der Waals surface area contributed by atoms with Gasteiger partial charge in [-0.1, -0.05) is 0 Å². The number of nitrogens with one attached hydrogen (secondary N) is 1. The zero-order valence-corrected chi connectivity index (χ0v) is 31.0. The first-order chi connectivity index (χ1) is 24.3. The fourth-order valence-corrected chi connectivity index (χ4v) is 8.87. The second-order valence-corrected chi connectivity index (χ2v) is 15.0. The number of piperidine rings is 2. The summed E-state index contributed by atoms with van der Waals surface area (Å²) in [4.78, 5) is 12.1. The van der Waals surface area contributed by atoms with Crippen LogP contribution in [0.5, 0.6) is 0 Å². The van der Waals surface area contributed by atoms with Gasteiger partial charge in [-0.3, -0.25) is 4.79 Å². The molecule has 0 atom stereocenters. The van der Waals surface area contributed by atoms with Crippen molar-refractivity contribution in [3.05, 3.63) is 0 Å². The SMILES string of the molecule is C1CCOC1.COCCN.COCCNC1CC2(CCOCC2)N(O)C2(CCOCC2)C1.O=C1CC2(CCOCC2)N(O)C2(CCOCC2)C1. The molecule has 14 nitrogen and oxygen atoms in total. The Morgan fingerprint density at radius 1 is 0.640 bits per heavy atom. The molecule has 5 N–H and O–H groups in total. The molecule has 0 aromatic carbocycles. The van der Waals surface area contributed by atoms with Gasteiger partial charge >= 0.3 is 0 Å². The molecule has 7 heterocycles. The highest BCUT2D eigenvalue weighted by Crippen LogP contribution is 2.47. The topological polar surface area (TPSA) is 167 Å². The van der Waals surface area contributed by atoms with Crippen LogP contribution in [0, 0.1) is 0 Å². The Bertz CT molecular complexity index is 882. The Balaban J connectivity index is 0.000000178. The predicted molar refractivity (Wildman–Crippen MR) is 187 cm³/mol. The standard InChI is InChI=1S/C16H30N2O4.C13H21NO4.C4H8O.C3H9NO/c1-20-11-6-17-14-12-15(2-7-21-8-3-15)18(19)16(13-14)4-9-22-10-5-16;15-11-9-12(1-5-17-6-2-12)14(16)13(10-11)3-7-18-8-4-13;1-2-4-5-3-1;1-5-3-2-4/h14,17,19H,2-13H2,1H3;16H,1-10H2;1-4H2;2-4H2,1H3. The maximum Gasteiger partial charge on any atom is 0.136 e. The molecule has 292 valence electrons. The van der Waals surface area contributed by atoms with Gasteiger partial charge in [0.1, 0.15) is 5.78 Å². The molecule has 4 spiro atoms. The summed E-state index contributed by atoms with van der Waals surface area (Å²) in [6, 6.07) is 0.426. The minimum absolute atomic E-state index is 0.140. The number of hydrogen-bond acceptors (Lipinski definition) is 14. The van der Waals surface area contributed by atoms with Gasteiger partial charge in [0, 0.05) is 112 Å². The van der Waals surface area contributed by atoms with Crippen molar-refractivity contribution in [1.29, 1.82) is 0 Å². The maximum absolute atomic E-state index is 12.1. The molecule has 14 heteroatoms. The van der Waals surface area contributed by atoms with E-state index in [1.165, 1.54) is 17.9 Å². The fourth-order valence-electron chi connectivity index (χ4n) is 8.87. The van der Waals surface area contributed by atoms with Crippen LogP contribution in [0.4, 0.5) is 0 Å². The Kier molecular flexibility index (Phi) is 17.7. The van der Waals surface area contributed by atoms with Gasteiger partial charge < -0.3 is 54.6 Å². The van der Waals surface area contributed by atoms with Crippen molar-refractivity contribution < 1.29 is 48.4 Å². The van der Waals surface area contributed by atoms with E-state index in [-0.39, 0.29) is 27.9 Å². The molecule has 0 amide bonds. The van der Waals surface area contributed by atoms with E-state index in [0.29, 0.717) is 58.5 Å². The highest BCUT2D eigenvalue weighted by Gasteiger charge is 2.56. The minimum atomic E-state index is -0.384. The first-order valence-electron chi connectivity index (χ1n) is 19.1. The number of hydrogen-bond donors (Lipinski definition) is 4. The van der Waals surface area contributed by atoms with Gasteiger partial charge in [-0.25, -0.2) is 0 Å². The summed E-state index contributed by atoms with van der Waals surface area (Å²) >= 11 is 0. The second kappa shape index (κ2) is 21.1. The van der Waals surface area contributed by atoms with Crippen molar-refractivity contribution in [3.8, 4) is 0 Å². The van der Waals surface area contributed by atoms with Gasteiger partial charge in [0.05, 0.1) is 35.4 Å². The third kappa shape index (κ3) is 11.1. The van der Waals surface area contributed by atoms with Crippen LogP contribution in [0.1, 0.15) is 89.9 Å². The number of nitrogens with two attached hydrogens (primary N) is 1. The molecule has 0 aromatic rings. The molecule has 7 aliphatic heterocycles. The number of Topliss-reactive ketones (excluding diaryl/α,β-unsaturated/α-hetero) is 1. The van der Waals surface area contributed by atoms with E-state index in [1.54, 1.807) is 19.3 Å². The lowest BCUT2D eigenvalue weighted by molar-refractivity contribution is -0.295. The molecule has 0 aliphatic carbocycles. The van der Waals surface area contributed by atoms with Crippen LogP contribution >= 0.6 is 0 Å². The number of nitrogens with zero attached hydrogens (tertiary/aromatic N) is 2. The summed E-state index contributed by atoms with van der Waals surface area (Å²) in [6.45, 7) is 10.4. The normalized spacial score (nSPS) is 28.7. The first-order valence-corrected chi connectivity index (χ1v) is 19.1. The zero-order valence-electron chi connectivity index (χ0n) is 31.0. The van der Waals surface area contributed by atoms with Crippen molar-refractivity contribution in [2.45, 2.75) is 118 Å². The van der Waals surface area contributed by atoms with E-state index in [4.69, 9.17) is 34.2 Å². The summed E-state index contributed by atoms with van der Waals surface area (Å²) in [5.74, 6) is 0.282. The summed E-state index contributed by atoms with van der Waals surface area (Å²) in [7, 11) is 3.37. The largest absolute Gasteiger partial charge is 0.383 e. The summed E-state index contributed by atoms with van der Waals surface area (Å²) in [5.41, 5.74) is 3.97. The van der Waals surface area contributed by atoms with Crippen LogP contribution in [0.25, 0.3) is 0 Å². The monoisotopic (exact) mass is 716 g/mol. The number of ketones is 1. The number of carbonyl (C=O) groups is 1. The molecule has 0 saturated carbocycles. The fraction of sp³-hybridized carbons (Fsp3) is 0.972. The molecule has 0 radical (unpaired) electrons. The van der Waals surface area contributed by atoms with Gasteiger partial charge in [0.2, 0.25) is 0 Å². The van der Waals surface area contributed by atoms with Crippen LogP contribution in [0.2, 0.25) is 0 Å². The van der Waals surface area contributed by atoms with E-state index in [1.807, 2.05) is 0 Å². The number of ether oxygens (including phenoxy) is 7. The smallest absolute Gasteiger partial charge is 0.136 e. The lowest BCUT2D eigenvalue weighted by Crippen LogP contribution is -2.69. The Hall–Kier alpha value is -0.850. The maximum atomic E-state index is 12.1. The van der Waals surface area contributed by atoms with Gasteiger partial charge in [0.15, 0.2) is 0 Å². The zero-order chi connectivity index (χ0) is 35.8. The molecule has 0 unspecified atom stereocenters. The average molecular weight is 717 g/mol. The van der Waals surface area contributed by atoms with Gasteiger partial charge in [-0.05, 0) is 77.0 Å². The second-order valence-electron chi connectivity index (χ2n) is 15.0. The van der Waals surface area contributed by atoms with Crippen LogP contribution in [0.3, 0.4) is 0 Å². The van der Waals surface area contributed by atoms with Crippen LogP contribution in [-0.4, -0.2) is 161 Å². The molecular weight excluding hydrogens is 648 g/mol. The molecule has 0 aromatic heterocycles. The number of methoxy groups -OCH3 is 2. The van der Waals surface area contributed by atoms with Crippen molar-refractivity contribution in [2.24, 2.45) is 5.73 Å². The lowest BCUT2D eigenvalue weighted by Gasteiger charge is -2.59. The van der Waals surface area contributed by atoms with Gasteiger partial charge in [-0.2, -0.15) is 10.1 Å². The van der Waals surface area contributed by atoms with Crippen molar-refractivity contribution in [2.75, 3.05) is 107 Å². The highest BCUT2D eigenvalue weighted by molar-refractivity contribution is 5.82. The Morgan fingerprint density at radius 2 is 1.00 bits per heavy atom. The van der Waals surface area contributed by atoms with Gasteiger partial charge in [0.25, 0.3) is 0 Å². The number of carbonyl (C=O) groups excluding carboxylic acids is 1. The average Bonchev–Trinajstić information content (AvgIpc) is 3.73. The molecule has 0 bridgehead atoms. The third-order valence-corrected chi connectivity index (χ3v) is 11.7. The quantitative estimate of drug-likeness (QED) is 0.297. The summed E-state index contributed by atoms with van der Waals surface area (Å²) in [6.07, 6.45) is 12.1. The van der Waals surface area contributed by atoms with E-state index in [2.05, 4.69) is 10.1 Å². The predicted octanol–water partition coefficient (Wildman–Crippen LogP) is 2.70. The molecule has 7 saturated heterocycles. The third-order valence-electron chi connectivity index (χ3n) is 11.7. The summed E-state index contributed by atoms with van der Waals surface area (Å²) in [5, 5.41) is 28.8. The van der Waals surface area contributed by atoms with E-state index in [9.17, 15) is 15.2 Å². The number of hydroxylamine groups is 4. The molecule has 7 fully saturated rings. The van der Waals surface area contributed by atoms with Crippen molar-refractivity contribution in [1.82, 2.24) is 15.4 Å². The molecule has 7 aliphatic rings. The summed E-state index contributed by atoms with van der Waals surface area (Å²) < 4.78 is 36.5.